The molecule has 1 aromatic heterocycles. The zero-order valence-corrected chi connectivity index (χ0v) is 13.7. The van der Waals surface area contributed by atoms with Crippen molar-refractivity contribution in [1.82, 2.24) is 15.1 Å². The highest BCUT2D eigenvalue weighted by molar-refractivity contribution is 6.32. The summed E-state index contributed by atoms with van der Waals surface area (Å²) in [6.45, 7) is 7.21. The van der Waals surface area contributed by atoms with E-state index in [-0.39, 0.29) is 0 Å². The molecule has 1 fully saturated rings. The highest BCUT2D eigenvalue weighted by Gasteiger charge is 2.22. The minimum Gasteiger partial charge on any atom is -0.310 e. The van der Waals surface area contributed by atoms with Crippen LogP contribution < -0.4 is 5.32 Å². The molecule has 1 aliphatic rings. The number of para-hydroxylation sites is 1. The molecule has 0 saturated heterocycles. The quantitative estimate of drug-likeness (QED) is 0.906. The van der Waals surface area contributed by atoms with E-state index < -0.39 is 0 Å². The summed E-state index contributed by atoms with van der Waals surface area (Å²) in [5.41, 5.74) is 5.83. The molecule has 0 amide bonds. The van der Waals surface area contributed by atoms with Gasteiger partial charge in [0.15, 0.2) is 0 Å². The van der Waals surface area contributed by atoms with Crippen LogP contribution >= 0.6 is 11.6 Å². The average molecular weight is 304 g/mol. The molecule has 2 aromatic rings. The topological polar surface area (TPSA) is 29.9 Å². The van der Waals surface area contributed by atoms with Crippen LogP contribution in [0.3, 0.4) is 0 Å². The van der Waals surface area contributed by atoms with Gasteiger partial charge in [-0.2, -0.15) is 5.10 Å². The van der Waals surface area contributed by atoms with Gasteiger partial charge in [0.05, 0.1) is 16.4 Å². The number of benzene rings is 1. The van der Waals surface area contributed by atoms with E-state index in [1.165, 1.54) is 29.7 Å². The van der Waals surface area contributed by atoms with Crippen LogP contribution in [0, 0.1) is 13.8 Å². The van der Waals surface area contributed by atoms with Crippen LogP contribution in [-0.2, 0) is 13.0 Å². The molecule has 0 radical (unpaired) electrons. The zero-order valence-electron chi connectivity index (χ0n) is 12.9. The van der Waals surface area contributed by atoms with Gasteiger partial charge in [0.2, 0.25) is 0 Å². The van der Waals surface area contributed by atoms with Gasteiger partial charge in [-0.3, -0.25) is 0 Å². The van der Waals surface area contributed by atoms with Crippen molar-refractivity contribution in [3.63, 3.8) is 0 Å². The van der Waals surface area contributed by atoms with Crippen LogP contribution in [0.25, 0.3) is 5.69 Å². The van der Waals surface area contributed by atoms with Crippen molar-refractivity contribution in [2.75, 3.05) is 0 Å². The Hall–Kier alpha value is -1.32. The predicted octanol–water partition coefficient (Wildman–Crippen LogP) is 3.96. The molecule has 1 heterocycles. The lowest BCUT2D eigenvalue weighted by molar-refractivity contribution is 0.679. The van der Waals surface area contributed by atoms with E-state index in [1.807, 2.05) is 16.8 Å². The number of aryl methyl sites for hydroxylation is 1. The van der Waals surface area contributed by atoms with Gasteiger partial charge in [0, 0.05) is 18.3 Å². The molecule has 112 valence electrons. The third-order valence-electron chi connectivity index (χ3n) is 4.24. The molecular formula is C17H22ClN3. The highest BCUT2D eigenvalue weighted by atomic mass is 35.5. The van der Waals surface area contributed by atoms with Crippen molar-refractivity contribution in [3.8, 4) is 5.69 Å². The summed E-state index contributed by atoms with van der Waals surface area (Å²) in [5, 5.41) is 9.05. The molecule has 0 unspecified atom stereocenters. The van der Waals surface area contributed by atoms with Gasteiger partial charge in [0.1, 0.15) is 0 Å². The van der Waals surface area contributed by atoms with Gasteiger partial charge < -0.3 is 5.32 Å². The Balaban J connectivity index is 2.03. The predicted molar refractivity (Wildman–Crippen MR) is 87.3 cm³/mol. The third-order valence-corrected chi connectivity index (χ3v) is 4.54. The summed E-state index contributed by atoms with van der Waals surface area (Å²) in [5.74, 6) is 0. The number of halogens is 1. The SMILES string of the molecule is CCc1c(C)nn(-c2c(Cl)cccc2CNC2CC2)c1C. The molecule has 21 heavy (non-hydrogen) atoms. The number of nitrogens with zero attached hydrogens (tertiary/aromatic N) is 2. The van der Waals surface area contributed by atoms with Crippen molar-refractivity contribution >= 4 is 11.6 Å². The molecule has 3 nitrogen and oxygen atoms in total. The number of hydrogen-bond donors (Lipinski definition) is 1. The first-order chi connectivity index (χ1) is 10.1. The van der Waals surface area contributed by atoms with E-state index in [0.717, 1.165) is 29.4 Å². The van der Waals surface area contributed by atoms with Crippen LogP contribution in [-0.4, -0.2) is 15.8 Å². The standard InChI is InChI=1S/C17H22ClN3/c1-4-15-11(2)20-21(12(15)3)17-13(6-5-7-16(17)18)10-19-14-8-9-14/h5-7,14,19H,4,8-10H2,1-3H3. The molecule has 1 aliphatic carbocycles. The van der Waals surface area contributed by atoms with E-state index in [9.17, 15) is 0 Å². The first-order valence-electron chi connectivity index (χ1n) is 7.68. The van der Waals surface area contributed by atoms with E-state index in [2.05, 4.69) is 32.2 Å². The summed E-state index contributed by atoms with van der Waals surface area (Å²) in [6, 6.07) is 6.78. The minimum absolute atomic E-state index is 0.684. The molecular weight excluding hydrogens is 282 g/mol. The summed E-state index contributed by atoms with van der Waals surface area (Å²) in [6.07, 6.45) is 3.57. The van der Waals surface area contributed by atoms with Crippen molar-refractivity contribution in [2.45, 2.75) is 52.6 Å². The lowest BCUT2D eigenvalue weighted by Gasteiger charge is -2.14. The van der Waals surface area contributed by atoms with Gasteiger partial charge in [-0.25, -0.2) is 4.68 Å². The second-order valence-corrected chi connectivity index (χ2v) is 6.22. The number of aromatic nitrogens is 2. The fourth-order valence-corrected chi connectivity index (χ4v) is 3.16. The molecule has 1 aromatic carbocycles. The monoisotopic (exact) mass is 303 g/mol. The van der Waals surface area contributed by atoms with Crippen molar-refractivity contribution in [3.05, 3.63) is 45.7 Å². The maximum absolute atomic E-state index is 6.48. The molecule has 4 heteroatoms. The number of rotatable bonds is 5. The second kappa shape index (κ2) is 5.82. The van der Waals surface area contributed by atoms with Gasteiger partial charge in [-0.05, 0) is 50.3 Å². The Bertz CT molecular complexity index is 656. The summed E-state index contributed by atoms with van der Waals surface area (Å²) >= 11 is 6.48. The third kappa shape index (κ3) is 2.85. The fraction of sp³-hybridized carbons (Fsp3) is 0.471. The summed E-state index contributed by atoms with van der Waals surface area (Å²) in [4.78, 5) is 0. The smallest absolute Gasteiger partial charge is 0.0879 e. The van der Waals surface area contributed by atoms with E-state index in [1.54, 1.807) is 0 Å². The lowest BCUT2D eigenvalue weighted by Crippen LogP contribution is -2.17. The van der Waals surface area contributed by atoms with Crippen LogP contribution in [0.2, 0.25) is 5.02 Å². The molecule has 0 aliphatic heterocycles. The normalized spacial score (nSPS) is 14.7. The number of hydrogen-bond acceptors (Lipinski definition) is 2. The summed E-state index contributed by atoms with van der Waals surface area (Å²) < 4.78 is 2.01. The van der Waals surface area contributed by atoms with Crippen LogP contribution in [0.4, 0.5) is 0 Å². The Morgan fingerprint density at radius 1 is 1.33 bits per heavy atom. The lowest BCUT2D eigenvalue weighted by atomic mass is 10.1. The molecule has 1 saturated carbocycles. The number of nitrogens with one attached hydrogen (secondary N) is 1. The van der Waals surface area contributed by atoms with E-state index >= 15 is 0 Å². The van der Waals surface area contributed by atoms with Crippen molar-refractivity contribution in [2.24, 2.45) is 0 Å². The molecule has 0 atom stereocenters. The molecule has 0 spiro atoms. The maximum atomic E-state index is 6.48. The summed E-state index contributed by atoms with van der Waals surface area (Å²) in [7, 11) is 0. The second-order valence-electron chi connectivity index (χ2n) is 5.82. The van der Waals surface area contributed by atoms with Crippen LogP contribution in [0.5, 0.6) is 0 Å². The molecule has 0 bridgehead atoms. The first kappa shape index (κ1) is 14.6. The molecule has 3 rings (SSSR count). The Morgan fingerprint density at radius 3 is 2.71 bits per heavy atom. The Labute approximate surface area is 131 Å². The van der Waals surface area contributed by atoms with Crippen molar-refractivity contribution < 1.29 is 0 Å². The van der Waals surface area contributed by atoms with E-state index in [4.69, 9.17) is 16.7 Å². The maximum Gasteiger partial charge on any atom is 0.0879 e. The van der Waals surface area contributed by atoms with E-state index in [0.29, 0.717) is 6.04 Å². The fourth-order valence-electron chi connectivity index (χ4n) is 2.89. The highest BCUT2D eigenvalue weighted by Crippen LogP contribution is 2.28. The van der Waals surface area contributed by atoms with Gasteiger partial charge >= 0.3 is 0 Å². The first-order valence-corrected chi connectivity index (χ1v) is 8.05. The van der Waals surface area contributed by atoms with Crippen LogP contribution in [0.15, 0.2) is 18.2 Å². The Morgan fingerprint density at radius 2 is 2.10 bits per heavy atom. The van der Waals surface area contributed by atoms with Gasteiger partial charge in [-0.15, -0.1) is 0 Å². The van der Waals surface area contributed by atoms with Gasteiger partial charge in [0.25, 0.3) is 0 Å². The van der Waals surface area contributed by atoms with Gasteiger partial charge in [-0.1, -0.05) is 30.7 Å². The minimum atomic E-state index is 0.684. The molecule has 1 N–H and O–H groups in total. The Kier molecular flexibility index (Phi) is 4.05. The average Bonchev–Trinajstić information content (AvgIpc) is 3.23. The largest absolute Gasteiger partial charge is 0.310 e. The van der Waals surface area contributed by atoms with Crippen LogP contribution in [0.1, 0.15) is 42.3 Å². The zero-order chi connectivity index (χ0) is 15.0. The van der Waals surface area contributed by atoms with Crippen molar-refractivity contribution in [1.29, 1.82) is 0 Å².